The van der Waals surface area contributed by atoms with Crippen molar-refractivity contribution in [1.29, 1.82) is 0 Å². The molecule has 0 radical (unpaired) electrons. The van der Waals surface area contributed by atoms with E-state index in [1.165, 1.54) is 5.56 Å². The standard InChI is InChI=1S/C27H37N3O2S/c1-2-3-10-20-30(21-11-5-4-9-18-28-22-24-13-7-6-8-14-24)33(31,32)27-16-12-15-25-23-29-19-17-26(25)27/h6-8,12-17,19,23,28H,2-5,9-11,18,20-22H2,1H3. The number of unbranched alkanes of at least 4 members (excludes halogenated alkanes) is 5. The number of nitrogens with one attached hydrogen (secondary N) is 1. The lowest BCUT2D eigenvalue weighted by molar-refractivity contribution is 0.386. The Morgan fingerprint density at radius 1 is 0.848 bits per heavy atom. The summed E-state index contributed by atoms with van der Waals surface area (Å²) in [4.78, 5) is 4.53. The molecule has 1 N–H and O–H groups in total. The number of nitrogens with zero attached hydrogens (tertiary/aromatic N) is 2. The smallest absolute Gasteiger partial charge is 0.243 e. The summed E-state index contributed by atoms with van der Waals surface area (Å²) in [6, 6.07) is 17.7. The van der Waals surface area contributed by atoms with Crippen molar-refractivity contribution in [1.82, 2.24) is 14.6 Å². The predicted molar refractivity (Wildman–Crippen MR) is 137 cm³/mol. The van der Waals surface area contributed by atoms with Gasteiger partial charge in [-0.05, 0) is 43.5 Å². The van der Waals surface area contributed by atoms with Gasteiger partial charge in [-0.2, -0.15) is 4.31 Å². The average Bonchev–Trinajstić information content (AvgIpc) is 2.84. The topological polar surface area (TPSA) is 62.3 Å². The Morgan fingerprint density at radius 2 is 1.61 bits per heavy atom. The Morgan fingerprint density at radius 3 is 2.39 bits per heavy atom. The maximum absolute atomic E-state index is 13.6. The molecular weight excluding hydrogens is 430 g/mol. The first kappa shape index (κ1) is 25.3. The summed E-state index contributed by atoms with van der Waals surface area (Å²) < 4.78 is 28.9. The summed E-state index contributed by atoms with van der Waals surface area (Å²) in [6.45, 7) is 5.17. The molecule has 33 heavy (non-hydrogen) atoms. The molecule has 178 valence electrons. The van der Waals surface area contributed by atoms with E-state index < -0.39 is 10.0 Å². The van der Waals surface area contributed by atoms with Gasteiger partial charge in [0.05, 0.1) is 4.90 Å². The van der Waals surface area contributed by atoms with Crippen molar-refractivity contribution in [3.8, 4) is 0 Å². The van der Waals surface area contributed by atoms with E-state index in [9.17, 15) is 8.42 Å². The fourth-order valence-electron chi connectivity index (χ4n) is 4.07. The molecule has 0 atom stereocenters. The first-order valence-electron chi connectivity index (χ1n) is 12.2. The Bertz CT molecular complexity index is 1070. The molecule has 0 saturated carbocycles. The minimum atomic E-state index is -3.55. The van der Waals surface area contributed by atoms with Crippen molar-refractivity contribution in [2.24, 2.45) is 0 Å². The van der Waals surface area contributed by atoms with Crippen LogP contribution in [-0.2, 0) is 16.6 Å². The third kappa shape index (κ3) is 7.63. The lowest BCUT2D eigenvalue weighted by Crippen LogP contribution is -2.33. The molecular formula is C27H37N3O2S. The van der Waals surface area contributed by atoms with Gasteiger partial charge in [0.25, 0.3) is 0 Å². The fraction of sp³-hybridized carbons (Fsp3) is 0.444. The molecule has 0 aliphatic carbocycles. The lowest BCUT2D eigenvalue weighted by atomic mass is 10.2. The highest BCUT2D eigenvalue weighted by Gasteiger charge is 2.25. The van der Waals surface area contributed by atoms with Crippen molar-refractivity contribution < 1.29 is 8.42 Å². The molecule has 0 unspecified atom stereocenters. The van der Waals surface area contributed by atoms with Crippen molar-refractivity contribution in [2.75, 3.05) is 19.6 Å². The van der Waals surface area contributed by atoms with E-state index in [1.807, 2.05) is 18.2 Å². The number of fused-ring (bicyclic) bond motifs is 1. The van der Waals surface area contributed by atoms with Crippen LogP contribution in [0.3, 0.4) is 0 Å². The minimum absolute atomic E-state index is 0.393. The molecule has 2 aromatic carbocycles. The van der Waals surface area contributed by atoms with Crippen LogP contribution < -0.4 is 5.32 Å². The van der Waals surface area contributed by atoms with Gasteiger partial charge >= 0.3 is 0 Å². The molecule has 5 nitrogen and oxygen atoms in total. The van der Waals surface area contributed by atoms with Gasteiger partial charge in [0.1, 0.15) is 0 Å². The molecule has 0 aliphatic heterocycles. The quantitative estimate of drug-likeness (QED) is 0.288. The van der Waals surface area contributed by atoms with Crippen molar-refractivity contribution in [2.45, 2.75) is 63.3 Å². The Hall–Kier alpha value is -2.28. The molecule has 0 amide bonds. The zero-order valence-corrected chi connectivity index (χ0v) is 20.6. The maximum atomic E-state index is 13.6. The van der Waals surface area contributed by atoms with Crippen molar-refractivity contribution in [3.05, 3.63) is 72.6 Å². The number of hydrogen-bond donors (Lipinski definition) is 1. The van der Waals surface area contributed by atoms with E-state index in [0.717, 1.165) is 68.8 Å². The SMILES string of the molecule is CCCCCN(CCCCCCNCc1ccccc1)S(=O)(=O)c1cccc2cnccc12. The molecule has 3 aromatic rings. The predicted octanol–water partition coefficient (Wildman–Crippen LogP) is 5.77. The lowest BCUT2D eigenvalue weighted by Gasteiger charge is -2.23. The van der Waals surface area contributed by atoms with Gasteiger partial charge < -0.3 is 5.32 Å². The first-order chi connectivity index (χ1) is 16.1. The number of pyridine rings is 1. The summed E-state index contributed by atoms with van der Waals surface area (Å²) in [6.07, 6.45) is 10.5. The number of benzene rings is 2. The molecule has 6 heteroatoms. The van der Waals surface area contributed by atoms with Crippen LogP contribution in [0.15, 0.2) is 71.9 Å². The summed E-state index contributed by atoms with van der Waals surface area (Å²) >= 11 is 0. The summed E-state index contributed by atoms with van der Waals surface area (Å²) in [5.41, 5.74) is 1.30. The van der Waals surface area contributed by atoms with Gasteiger partial charge in [0, 0.05) is 42.8 Å². The van der Waals surface area contributed by atoms with E-state index in [1.54, 1.807) is 28.8 Å². The third-order valence-electron chi connectivity index (χ3n) is 5.95. The van der Waals surface area contributed by atoms with Crippen molar-refractivity contribution >= 4 is 20.8 Å². The van der Waals surface area contributed by atoms with Gasteiger partial charge in [-0.3, -0.25) is 4.98 Å². The van der Waals surface area contributed by atoms with Gasteiger partial charge in [0.15, 0.2) is 0 Å². The van der Waals surface area contributed by atoms with Crippen LogP contribution in [0.4, 0.5) is 0 Å². The first-order valence-corrected chi connectivity index (χ1v) is 13.6. The fourth-order valence-corrected chi connectivity index (χ4v) is 5.80. The highest BCUT2D eigenvalue weighted by molar-refractivity contribution is 7.89. The number of sulfonamides is 1. The molecule has 0 aliphatic rings. The van der Waals surface area contributed by atoms with Gasteiger partial charge in [-0.25, -0.2) is 8.42 Å². The zero-order valence-electron chi connectivity index (χ0n) is 19.7. The summed E-state index contributed by atoms with van der Waals surface area (Å²) in [7, 11) is -3.55. The molecule has 0 spiro atoms. The average molecular weight is 468 g/mol. The molecule has 1 heterocycles. The van der Waals surface area contributed by atoms with Gasteiger partial charge in [0.2, 0.25) is 10.0 Å². The Balaban J connectivity index is 1.51. The van der Waals surface area contributed by atoms with E-state index >= 15 is 0 Å². The molecule has 0 saturated heterocycles. The van der Waals surface area contributed by atoms with E-state index in [-0.39, 0.29) is 0 Å². The highest BCUT2D eigenvalue weighted by Crippen LogP contribution is 2.26. The normalized spacial score (nSPS) is 11.9. The molecule has 1 aromatic heterocycles. The van der Waals surface area contributed by atoms with E-state index in [2.05, 4.69) is 41.5 Å². The molecule has 3 rings (SSSR count). The van der Waals surface area contributed by atoms with Crippen molar-refractivity contribution in [3.63, 3.8) is 0 Å². The number of aromatic nitrogens is 1. The Kier molecular flexibility index (Phi) is 10.3. The second kappa shape index (κ2) is 13.4. The molecule has 0 fully saturated rings. The van der Waals surface area contributed by atoms with Crippen LogP contribution in [0.2, 0.25) is 0 Å². The summed E-state index contributed by atoms with van der Waals surface area (Å²) in [5, 5.41) is 5.09. The second-order valence-electron chi connectivity index (χ2n) is 8.54. The number of rotatable bonds is 15. The van der Waals surface area contributed by atoms with Crippen LogP contribution >= 0.6 is 0 Å². The largest absolute Gasteiger partial charge is 0.313 e. The van der Waals surface area contributed by atoms with Gasteiger partial charge in [-0.1, -0.05) is 75.1 Å². The van der Waals surface area contributed by atoms with E-state index in [0.29, 0.717) is 18.0 Å². The third-order valence-corrected chi connectivity index (χ3v) is 7.91. The van der Waals surface area contributed by atoms with Crippen LogP contribution in [0.5, 0.6) is 0 Å². The van der Waals surface area contributed by atoms with Crippen LogP contribution in [-0.4, -0.2) is 37.3 Å². The molecule has 0 bridgehead atoms. The monoisotopic (exact) mass is 467 g/mol. The zero-order chi connectivity index (χ0) is 23.4. The second-order valence-corrected chi connectivity index (χ2v) is 10.4. The van der Waals surface area contributed by atoms with Crippen LogP contribution in [0.25, 0.3) is 10.8 Å². The van der Waals surface area contributed by atoms with Gasteiger partial charge in [-0.15, -0.1) is 0 Å². The van der Waals surface area contributed by atoms with Crippen LogP contribution in [0, 0.1) is 0 Å². The highest BCUT2D eigenvalue weighted by atomic mass is 32.2. The van der Waals surface area contributed by atoms with E-state index in [4.69, 9.17) is 0 Å². The minimum Gasteiger partial charge on any atom is -0.313 e. The maximum Gasteiger partial charge on any atom is 0.243 e. The number of hydrogen-bond acceptors (Lipinski definition) is 4. The van der Waals surface area contributed by atoms with Crippen LogP contribution in [0.1, 0.15) is 57.4 Å². The Labute approximate surface area is 199 Å². The summed E-state index contributed by atoms with van der Waals surface area (Å²) in [5.74, 6) is 0.